The molecule has 1 fully saturated rings. The van der Waals surface area contributed by atoms with Crippen LogP contribution in [0, 0.1) is 15.9 Å². The maximum atomic E-state index is 13.7. The van der Waals surface area contributed by atoms with E-state index in [9.17, 15) is 24.1 Å². The Hall–Kier alpha value is -2.28. The van der Waals surface area contributed by atoms with Crippen LogP contribution in [-0.2, 0) is 4.79 Å². The second-order valence-corrected chi connectivity index (χ2v) is 5.55. The molecular weight excluding hydrogens is 315 g/mol. The van der Waals surface area contributed by atoms with Crippen molar-refractivity contribution in [3.05, 3.63) is 55.1 Å². The Morgan fingerprint density at radius 1 is 1.45 bits per heavy atom. The summed E-state index contributed by atoms with van der Waals surface area (Å²) in [5, 5.41) is 10.8. The van der Waals surface area contributed by atoms with Gasteiger partial charge in [-0.2, -0.15) is 0 Å². The lowest BCUT2D eigenvalue weighted by Crippen LogP contribution is -2.23. The molecule has 1 aromatic heterocycles. The molecule has 0 amide bonds. The van der Waals surface area contributed by atoms with E-state index in [2.05, 4.69) is 0 Å². The zero-order valence-electron chi connectivity index (χ0n) is 11.1. The van der Waals surface area contributed by atoms with Crippen LogP contribution in [0.3, 0.4) is 0 Å². The minimum atomic E-state index is -1.89. The van der Waals surface area contributed by atoms with Crippen LogP contribution in [0.1, 0.15) is 30.5 Å². The lowest BCUT2D eigenvalue weighted by atomic mass is 10.1. The number of benzene rings is 1. The van der Waals surface area contributed by atoms with Gasteiger partial charge in [0.15, 0.2) is 5.43 Å². The topological polar surface area (TPSA) is 82.2 Å². The monoisotopic (exact) mass is 323 g/mol. The van der Waals surface area contributed by atoms with E-state index in [1.807, 2.05) is 0 Å². The molecule has 1 aliphatic rings. The molecule has 1 atom stereocenters. The van der Waals surface area contributed by atoms with Crippen molar-refractivity contribution in [3.8, 4) is 0 Å². The van der Waals surface area contributed by atoms with Crippen molar-refractivity contribution in [3.63, 3.8) is 0 Å². The van der Waals surface area contributed by atoms with Crippen LogP contribution >= 0.6 is 11.6 Å². The molecule has 0 spiro atoms. The number of nitro groups is 1. The van der Waals surface area contributed by atoms with Crippen LogP contribution in [0.25, 0.3) is 10.9 Å². The van der Waals surface area contributed by atoms with Crippen LogP contribution in [-0.4, -0.2) is 15.8 Å². The standard InChI is InChI=1S/C14H9ClFN2O4/c15-10-4-12-8(3-11(10)16)14(20)9(13(6-19)18(21)22)5-17(12)7-1-2-7/h3-5,7,13H,1-2H2. The average molecular weight is 324 g/mol. The van der Waals surface area contributed by atoms with Gasteiger partial charge in [-0.1, -0.05) is 11.6 Å². The number of aromatic nitrogens is 1. The summed E-state index contributed by atoms with van der Waals surface area (Å²) in [4.78, 5) is 33.3. The first-order valence-electron chi connectivity index (χ1n) is 6.49. The number of fused-ring (bicyclic) bond motifs is 1. The molecule has 1 aromatic carbocycles. The maximum absolute atomic E-state index is 13.7. The quantitative estimate of drug-likeness (QED) is 0.639. The lowest BCUT2D eigenvalue weighted by Gasteiger charge is -2.13. The summed E-state index contributed by atoms with van der Waals surface area (Å²) in [6.45, 7) is 0. The van der Waals surface area contributed by atoms with Crippen molar-refractivity contribution < 1.29 is 14.1 Å². The Bertz CT molecular complexity index is 860. The number of hydrogen-bond donors (Lipinski definition) is 0. The van der Waals surface area contributed by atoms with Gasteiger partial charge >= 0.3 is 6.04 Å². The van der Waals surface area contributed by atoms with Crippen molar-refractivity contribution in [2.75, 3.05) is 0 Å². The van der Waals surface area contributed by atoms with E-state index in [1.165, 1.54) is 18.5 Å². The fourth-order valence-corrected chi connectivity index (χ4v) is 2.59. The van der Waals surface area contributed by atoms with Crippen molar-refractivity contribution in [2.24, 2.45) is 0 Å². The third kappa shape index (κ3) is 2.27. The Labute approximate surface area is 128 Å². The normalized spacial score (nSPS) is 15.7. The number of pyridine rings is 1. The molecular formula is C14H9ClFN2O4. The van der Waals surface area contributed by atoms with Crippen LogP contribution < -0.4 is 5.43 Å². The van der Waals surface area contributed by atoms with Crippen molar-refractivity contribution in [1.29, 1.82) is 0 Å². The number of carbonyl (C=O) groups excluding carboxylic acids is 1. The zero-order valence-corrected chi connectivity index (χ0v) is 11.8. The molecule has 22 heavy (non-hydrogen) atoms. The van der Waals surface area contributed by atoms with Gasteiger partial charge in [0.25, 0.3) is 6.29 Å². The van der Waals surface area contributed by atoms with Gasteiger partial charge in [-0.3, -0.25) is 19.7 Å². The molecule has 0 N–H and O–H groups in total. The van der Waals surface area contributed by atoms with Gasteiger partial charge in [0, 0.05) is 22.5 Å². The minimum absolute atomic E-state index is 0.0339. The Morgan fingerprint density at radius 3 is 2.68 bits per heavy atom. The van der Waals surface area contributed by atoms with Gasteiger partial charge in [0.1, 0.15) is 5.82 Å². The van der Waals surface area contributed by atoms with Crippen molar-refractivity contribution in [1.82, 2.24) is 4.57 Å². The first-order valence-corrected chi connectivity index (χ1v) is 6.86. The van der Waals surface area contributed by atoms with Gasteiger partial charge in [-0.15, -0.1) is 0 Å². The molecule has 8 heteroatoms. The largest absolute Gasteiger partial charge is 0.344 e. The molecule has 1 heterocycles. The van der Waals surface area contributed by atoms with Gasteiger partial charge in [0.05, 0.1) is 16.1 Å². The minimum Gasteiger partial charge on any atom is -0.344 e. The molecule has 1 saturated carbocycles. The first-order chi connectivity index (χ1) is 10.4. The molecule has 1 unspecified atom stereocenters. The first kappa shape index (κ1) is 14.6. The maximum Gasteiger partial charge on any atom is 0.308 e. The highest BCUT2D eigenvalue weighted by Crippen LogP contribution is 2.38. The van der Waals surface area contributed by atoms with E-state index in [0.29, 0.717) is 5.52 Å². The third-order valence-corrected chi connectivity index (χ3v) is 3.95. The van der Waals surface area contributed by atoms with Crippen molar-refractivity contribution >= 4 is 28.8 Å². The highest BCUT2D eigenvalue weighted by Gasteiger charge is 2.32. The summed E-state index contributed by atoms with van der Waals surface area (Å²) in [6.07, 6.45) is 4.21. The SMILES string of the molecule is O=[C]C(c1cn(C2CC2)c2cc(Cl)c(F)cc2c1=O)[N+](=O)[O-]. The molecule has 0 bridgehead atoms. The number of nitrogens with zero attached hydrogens (tertiary/aromatic N) is 2. The Morgan fingerprint density at radius 2 is 2.14 bits per heavy atom. The summed E-state index contributed by atoms with van der Waals surface area (Å²) in [6, 6.07) is 0.439. The summed E-state index contributed by atoms with van der Waals surface area (Å²) in [5.41, 5.74) is -0.677. The third-order valence-electron chi connectivity index (χ3n) is 3.66. The number of hydrogen-bond acceptors (Lipinski definition) is 4. The smallest absolute Gasteiger partial charge is 0.308 e. The van der Waals surface area contributed by atoms with E-state index >= 15 is 0 Å². The summed E-state index contributed by atoms with van der Waals surface area (Å²) < 4.78 is 15.3. The fraction of sp³-hybridized carbons (Fsp3) is 0.286. The van der Waals surface area contributed by atoms with Crippen molar-refractivity contribution in [2.45, 2.75) is 24.9 Å². The van der Waals surface area contributed by atoms with E-state index in [4.69, 9.17) is 11.6 Å². The second-order valence-electron chi connectivity index (χ2n) is 5.14. The van der Waals surface area contributed by atoms with Crippen LogP contribution in [0.15, 0.2) is 23.1 Å². The summed E-state index contributed by atoms with van der Waals surface area (Å²) >= 11 is 5.76. The molecule has 0 aliphatic heterocycles. The van der Waals surface area contributed by atoms with E-state index in [0.717, 1.165) is 18.9 Å². The highest BCUT2D eigenvalue weighted by molar-refractivity contribution is 6.31. The van der Waals surface area contributed by atoms with Gasteiger partial charge < -0.3 is 4.57 Å². The lowest BCUT2D eigenvalue weighted by molar-refractivity contribution is -0.508. The number of halogens is 2. The molecule has 2 aromatic rings. The fourth-order valence-electron chi connectivity index (χ4n) is 2.44. The average Bonchev–Trinajstić information content (AvgIpc) is 3.28. The van der Waals surface area contributed by atoms with E-state index < -0.39 is 22.2 Å². The predicted molar refractivity (Wildman–Crippen MR) is 76.9 cm³/mol. The summed E-state index contributed by atoms with van der Waals surface area (Å²) in [5.74, 6) is -0.793. The number of rotatable bonds is 4. The molecule has 6 nitrogen and oxygen atoms in total. The molecule has 3 rings (SSSR count). The van der Waals surface area contributed by atoms with E-state index in [-0.39, 0.29) is 22.0 Å². The van der Waals surface area contributed by atoms with E-state index in [1.54, 1.807) is 4.57 Å². The Kier molecular flexibility index (Phi) is 3.44. The summed E-state index contributed by atoms with van der Waals surface area (Å²) in [7, 11) is 0. The van der Waals surface area contributed by atoms with Crippen LogP contribution in [0.2, 0.25) is 5.02 Å². The van der Waals surface area contributed by atoms with Gasteiger partial charge in [-0.05, 0) is 25.0 Å². The second kappa shape index (κ2) is 5.17. The van der Waals surface area contributed by atoms with Gasteiger partial charge in [0.2, 0.25) is 0 Å². The highest BCUT2D eigenvalue weighted by atomic mass is 35.5. The van der Waals surface area contributed by atoms with Crippen LogP contribution in [0.5, 0.6) is 0 Å². The molecule has 113 valence electrons. The molecule has 0 saturated heterocycles. The Balaban J connectivity index is 2.38. The predicted octanol–water partition coefficient (Wildman–Crippen LogP) is 2.56. The zero-order chi connectivity index (χ0) is 16.0. The van der Waals surface area contributed by atoms with Crippen LogP contribution in [0.4, 0.5) is 4.39 Å². The molecule has 1 radical (unpaired) electrons. The van der Waals surface area contributed by atoms with Gasteiger partial charge in [-0.25, -0.2) is 4.39 Å². The molecule has 1 aliphatic carbocycles.